The van der Waals surface area contributed by atoms with Crippen LogP contribution in [0.1, 0.15) is 17.3 Å². The highest BCUT2D eigenvalue weighted by molar-refractivity contribution is 9.10. The van der Waals surface area contributed by atoms with Crippen molar-refractivity contribution in [3.05, 3.63) is 46.1 Å². The molecular weight excluding hydrogens is 258 g/mol. The number of nitrogens with zero attached hydrogens (tertiary/aromatic N) is 2. The van der Waals surface area contributed by atoms with Gasteiger partial charge in [0.1, 0.15) is 0 Å². The molecule has 0 spiro atoms. The van der Waals surface area contributed by atoms with Gasteiger partial charge in [0, 0.05) is 4.47 Å². The summed E-state index contributed by atoms with van der Waals surface area (Å²) < 4.78 is 6.36. The summed E-state index contributed by atoms with van der Waals surface area (Å²) in [6, 6.07) is 7.93. The maximum absolute atomic E-state index is 5.38. The molecule has 0 radical (unpaired) electrons. The average molecular weight is 268 g/mol. The van der Waals surface area contributed by atoms with Crippen molar-refractivity contribution in [3.8, 4) is 0 Å². The second-order valence-electron chi connectivity index (χ2n) is 3.06. The SMILES string of the molecule is NCc1nnc(Cc2ccccc2Br)o1. The number of hydrogen-bond donors (Lipinski definition) is 1. The number of halogens is 1. The minimum Gasteiger partial charge on any atom is -0.424 e. The van der Waals surface area contributed by atoms with Gasteiger partial charge in [0.05, 0.1) is 13.0 Å². The van der Waals surface area contributed by atoms with E-state index in [1.807, 2.05) is 24.3 Å². The highest BCUT2D eigenvalue weighted by Crippen LogP contribution is 2.18. The maximum atomic E-state index is 5.38. The van der Waals surface area contributed by atoms with Gasteiger partial charge in [-0.15, -0.1) is 10.2 Å². The fraction of sp³-hybridized carbons (Fsp3) is 0.200. The number of aromatic nitrogens is 2. The van der Waals surface area contributed by atoms with E-state index in [4.69, 9.17) is 10.2 Å². The van der Waals surface area contributed by atoms with Crippen LogP contribution >= 0.6 is 15.9 Å². The zero-order chi connectivity index (χ0) is 10.7. The van der Waals surface area contributed by atoms with Gasteiger partial charge in [-0.1, -0.05) is 34.1 Å². The van der Waals surface area contributed by atoms with Crippen LogP contribution in [0.3, 0.4) is 0 Å². The molecule has 0 fully saturated rings. The van der Waals surface area contributed by atoms with E-state index in [1.54, 1.807) is 0 Å². The summed E-state index contributed by atoms with van der Waals surface area (Å²) in [7, 11) is 0. The molecule has 0 amide bonds. The average Bonchev–Trinajstić information content (AvgIpc) is 2.69. The summed E-state index contributed by atoms with van der Waals surface area (Å²) in [6.07, 6.45) is 0.619. The van der Waals surface area contributed by atoms with Crippen LogP contribution in [0.5, 0.6) is 0 Å². The minimum absolute atomic E-state index is 0.281. The van der Waals surface area contributed by atoms with Gasteiger partial charge >= 0.3 is 0 Å². The van der Waals surface area contributed by atoms with Crippen molar-refractivity contribution in [2.75, 3.05) is 0 Å². The summed E-state index contributed by atoms with van der Waals surface area (Å²) in [5, 5.41) is 7.71. The number of benzene rings is 1. The second-order valence-corrected chi connectivity index (χ2v) is 3.92. The van der Waals surface area contributed by atoms with Crippen molar-refractivity contribution >= 4 is 15.9 Å². The van der Waals surface area contributed by atoms with Crippen molar-refractivity contribution in [2.24, 2.45) is 5.73 Å². The monoisotopic (exact) mass is 267 g/mol. The lowest BCUT2D eigenvalue weighted by Crippen LogP contribution is -1.95. The molecule has 2 N–H and O–H groups in total. The van der Waals surface area contributed by atoms with Crippen molar-refractivity contribution in [2.45, 2.75) is 13.0 Å². The van der Waals surface area contributed by atoms with Gasteiger partial charge < -0.3 is 10.2 Å². The normalized spacial score (nSPS) is 10.5. The molecule has 4 nitrogen and oxygen atoms in total. The first kappa shape index (κ1) is 10.3. The van der Waals surface area contributed by atoms with Crippen LogP contribution in [0.15, 0.2) is 33.2 Å². The highest BCUT2D eigenvalue weighted by Gasteiger charge is 2.07. The molecule has 2 rings (SSSR count). The van der Waals surface area contributed by atoms with Crippen molar-refractivity contribution in [1.29, 1.82) is 0 Å². The molecule has 15 heavy (non-hydrogen) atoms. The van der Waals surface area contributed by atoms with Crippen LogP contribution in [-0.2, 0) is 13.0 Å². The smallest absolute Gasteiger partial charge is 0.230 e. The Bertz CT molecular complexity index is 455. The molecule has 0 atom stereocenters. The third-order valence-corrected chi connectivity index (χ3v) is 2.76. The molecule has 1 heterocycles. The standard InChI is InChI=1S/C10H10BrN3O/c11-8-4-2-1-3-7(8)5-9-13-14-10(6-12)15-9/h1-4H,5-6,12H2. The van der Waals surface area contributed by atoms with Gasteiger partial charge in [0.25, 0.3) is 0 Å². The van der Waals surface area contributed by atoms with Gasteiger partial charge in [-0.25, -0.2) is 0 Å². The Morgan fingerprint density at radius 2 is 1.93 bits per heavy atom. The summed E-state index contributed by atoms with van der Waals surface area (Å²) in [5.41, 5.74) is 6.50. The molecule has 5 heteroatoms. The predicted octanol–water partition coefficient (Wildman–Crippen LogP) is 1.88. The molecule has 0 bridgehead atoms. The maximum Gasteiger partial charge on any atom is 0.230 e. The van der Waals surface area contributed by atoms with Crippen molar-refractivity contribution in [1.82, 2.24) is 10.2 Å². The molecule has 2 aromatic rings. The number of rotatable bonds is 3. The lowest BCUT2D eigenvalue weighted by molar-refractivity contribution is 0.459. The van der Waals surface area contributed by atoms with Crippen LogP contribution in [-0.4, -0.2) is 10.2 Å². The van der Waals surface area contributed by atoms with E-state index >= 15 is 0 Å². The van der Waals surface area contributed by atoms with Crippen molar-refractivity contribution in [3.63, 3.8) is 0 Å². The van der Waals surface area contributed by atoms with Crippen LogP contribution in [0.4, 0.5) is 0 Å². The summed E-state index contributed by atoms with van der Waals surface area (Å²) in [4.78, 5) is 0. The molecule has 0 aliphatic carbocycles. The zero-order valence-electron chi connectivity index (χ0n) is 7.98. The van der Waals surface area contributed by atoms with Crippen LogP contribution in [0, 0.1) is 0 Å². The Balaban J connectivity index is 2.18. The third-order valence-electron chi connectivity index (χ3n) is 1.98. The number of nitrogens with two attached hydrogens (primary N) is 1. The Hall–Kier alpha value is -1.20. The van der Waals surface area contributed by atoms with Gasteiger partial charge in [-0.3, -0.25) is 0 Å². The van der Waals surface area contributed by atoms with Crippen LogP contribution < -0.4 is 5.73 Å². The predicted molar refractivity (Wildman–Crippen MR) is 59.1 cm³/mol. The van der Waals surface area contributed by atoms with Gasteiger partial charge in [-0.2, -0.15) is 0 Å². The van der Waals surface area contributed by atoms with E-state index in [1.165, 1.54) is 0 Å². The Labute approximate surface area is 95.6 Å². The molecule has 1 aromatic carbocycles. The quantitative estimate of drug-likeness (QED) is 0.923. The summed E-state index contributed by atoms with van der Waals surface area (Å²) >= 11 is 3.46. The van der Waals surface area contributed by atoms with Crippen LogP contribution in [0.25, 0.3) is 0 Å². The van der Waals surface area contributed by atoms with Crippen LogP contribution in [0.2, 0.25) is 0 Å². The third kappa shape index (κ3) is 2.43. The van der Waals surface area contributed by atoms with Gasteiger partial charge in [0.15, 0.2) is 0 Å². The largest absolute Gasteiger partial charge is 0.424 e. The Morgan fingerprint density at radius 1 is 1.20 bits per heavy atom. The minimum atomic E-state index is 0.281. The summed E-state index contributed by atoms with van der Waals surface area (Å²) in [6.45, 7) is 0.281. The van der Waals surface area contributed by atoms with Gasteiger partial charge in [-0.05, 0) is 11.6 Å². The second kappa shape index (κ2) is 4.55. The molecule has 0 aliphatic heterocycles. The topological polar surface area (TPSA) is 64.9 Å². The lowest BCUT2D eigenvalue weighted by Gasteiger charge is -1.99. The highest BCUT2D eigenvalue weighted by atomic mass is 79.9. The van der Waals surface area contributed by atoms with E-state index in [9.17, 15) is 0 Å². The molecule has 78 valence electrons. The van der Waals surface area contributed by atoms with E-state index in [2.05, 4.69) is 26.1 Å². The molecular formula is C10H10BrN3O. The van der Waals surface area contributed by atoms with E-state index < -0.39 is 0 Å². The van der Waals surface area contributed by atoms with E-state index in [0.29, 0.717) is 18.2 Å². The fourth-order valence-electron chi connectivity index (χ4n) is 1.25. The van der Waals surface area contributed by atoms with E-state index in [0.717, 1.165) is 10.0 Å². The summed E-state index contributed by atoms with van der Waals surface area (Å²) in [5.74, 6) is 1.06. The molecule has 0 saturated heterocycles. The molecule has 0 aliphatic rings. The first-order valence-electron chi connectivity index (χ1n) is 4.54. The zero-order valence-corrected chi connectivity index (χ0v) is 9.57. The molecule has 0 saturated carbocycles. The molecule has 1 aromatic heterocycles. The first-order chi connectivity index (χ1) is 7.29. The number of hydrogen-bond acceptors (Lipinski definition) is 4. The Morgan fingerprint density at radius 3 is 2.60 bits per heavy atom. The molecule has 0 unspecified atom stereocenters. The lowest BCUT2D eigenvalue weighted by atomic mass is 10.1. The van der Waals surface area contributed by atoms with E-state index in [-0.39, 0.29) is 6.54 Å². The Kier molecular flexibility index (Phi) is 3.13. The first-order valence-corrected chi connectivity index (χ1v) is 5.33. The van der Waals surface area contributed by atoms with Crippen molar-refractivity contribution < 1.29 is 4.42 Å². The van der Waals surface area contributed by atoms with Gasteiger partial charge in [0.2, 0.25) is 11.8 Å². The fourth-order valence-corrected chi connectivity index (χ4v) is 1.67.